The zero-order chi connectivity index (χ0) is 9.80. The Morgan fingerprint density at radius 1 is 0.714 bits per heavy atom. The van der Waals surface area contributed by atoms with E-state index in [0.717, 1.165) is 4.90 Å². The van der Waals surface area contributed by atoms with E-state index in [1.807, 2.05) is 18.2 Å². The minimum absolute atomic E-state index is 1.01. The maximum atomic E-state index is 4.25. The first-order valence-corrected chi connectivity index (χ1v) is 5.74. The number of hydrogen-bond donors (Lipinski definition) is 1. The Morgan fingerprint density at radius 3 is 1.93 bits per heavy atom. The van der Waals surface area contributed by atoms with Crippen LogP contribution in [0.4, 0.5) is 0 Å². The molecule has 0 amide bonds. The van der Waals surface area contributed by atoms with Gasteiger partial charge in [0.15, 0.2) is 9.79 Å². The van der Waals surface area contributed by atoms with Crippen molar-refractivity contribution in [1.29, 1.82) is 0 Å². The lowest BCUT2D eigenvalue weighted by atomic mass is 10.4. The molecule has 0 spiro atoms. The van der Waals surface area contributed by atoms with Gasteiger partial charge >= 0.3 is 0 Å². The zero-order valence-electron chi connectivity index (χ0n) is 7.59. The predicted molar refractivity (Wildman–Crippen MR) is 65.4 cm³/mol. The third kappa shape index (κ3) is 2.56. The van der Waals surface area contributed by atoms with E-state index in [1.54, 1.807) is 0 Å². The second-order valence-electron chi connectivity index (χ2n) is 2.96. The Balaban J connectivity index is 2.16. The molecule has 0 nitrogen and oxygen atoms in total. The largest absolute Gasteiger partial charge is 0.158 e. The molecule has 14 heavy (non-hydrogen) atoms. The highest BCUT2D eigenvalue weighted by molar-refractivity contribution is 7.80. The minimum Gasteiger partial charge on any atom is -0.143 e. The number of benzene rings is 2. The molecule has 0 radical (unpaired) electrons. The minimum atomic E-state index is 1.01. The van der Waals surface area contributed by atoms with Gasteiger partial charge in [-0.25, -0.2) is 0 Å². The first-order valence-electron chi connectivity index (χ1n) is 4.40. The topological polar surface area (TPSA) is 0 Å². The number of rotatable bonds is 2. The van der Waals surface area contributed by atoms with Crippen LogP contribution in [-0.4, -0.2) is 0 Å². The Hall–Kier alpha value is -0.860. The fourth-order valence-electron chi connectivity index (χ4n) is 1.18. The van der Waals surface area contributed by atoms with Gasteiger partial charge in [0.2, 0.25) is 0 Å². The molecule has 2 aromatic carbocycles. The van der Waals surface area contributed by atoms with E-state index in [1.165, 1.54) is 21.6 Å². The average Bonchev–Trinajstić information content (AvgIpc) is 2.23. The Bertz CT molecular complexity index is 392. The smallest absolute Gasteiger partial charge is 0.143 e. The van der Waals surface area contributed by atoms with Crippen molar-refractivity contribution in [3.63, 3.8) is 0 Å². The lowest BCUT2D eigenvalue weighted by Crippen LogP contribution is -1.83. The first kappa shape index (κ1) is 9.69. The van der Waals surface area contributed by atoms with E-state index in [4.69, 9.17) is 0 Å². The molecule has 2 heteroatoms. The predicted octanol–water partition coefficient (Wildman–Crippen LogP) is 3.21. The maximum Gasteiger partial charge on any atom is 0.158 e. The first-order chi connectivity index (χ1) is 6.84. The molecule has 0 aliphatic rings. The van der Waals surface area contributed by atoms with Gasteiger partial charge in [0.1, 0.15) is 0 Å². The van der Waals surface area contributed by atoms with Crippen LogP contribution < -0.4 is 0 Å². The van der Waals surface area contributed by atoms with Crippen molar-refractivity contribution in [2.75, 3.05) is 0 Å². The van der Waals surface area contributed by atoms with Crippen LogP contribution in [0.5, 0.6) is 0 Å². The van der Waals surface area contributed by atoms with E-state index in [-0.39, 0.29) is 0 Å². The molecule has 70 valence electrons. The van der Waals surface area contributed by atoms with Crippen LogP contribution in [0, 0.1) is 0 Å². The summed E-state index contributed by atoms with van der Waals surface area (Å²) in [6.07, 6.45) is 0. The van der Waals surface area contributed by atoms with Crippen molar-refractivity contribution in [2.45, 2.75) is 14.7 Å². The van der Waals surface area contributed by atoms with Crippen molar-refractivity contribution in [3.05, 3.63) is 54.6 Å². The van der Waals surface area contributed by atoms with Gasteiger partial charge in [-0.15, -0.1) is 12.6 Å². The normalized spacial score (nSPS) is 10.1. The molecule has 0 aliphatic carbocycles. The van der Waals surface area contributed by atoms with Crippen LogP contribution in [0.2, 0.25) is 0 Å². The maximum absolute atomic E-state index is 4.25. The third-order valence-electron chi connectivity index (χ3n) is 1.86. The van der Waals surface area contributed by atoms with Crippen LogP contribution in [0.25, 0.3) is 0 Å². The molecule has 0 saturated heterocycles. The lowest BCUT2D eigenvalue weighted by molar-refractivity contribution is 1.34. The fraction of sp³-hybridized carbons (Fsp3) is 0. The molecule has 0 N–H and O–H groups in total. The van der Waals surface area contributed by atoms with Crippen LogP contribution in [-0.2, 0) is 11.8 Å². The summed E-state index contributed by atoms with van der Waals surface area (Å²) in [6, 6.07) is 18.7. The van der Waals surface area contributed by atoms with E-state index in [0.29, 0.717) is 0 Å². The summed E-state index contributed by atoms with van der Waals surface area (Å²) >= 11 is 5.51. The van der Waals surface area contributed by atoms with Crippen LogP contribution >= 0.6 is 12.6 Å². The average molecular weight is 219 g/mol. The van der Waals surface area contributed by atoms with Crippen molar-refractivity contribution in [1.82, 2.24) is 0 Å². The van der Waals surface area contributed by atoms with E-state index < -0.39 is 0 Å². The summed E-state index contributed by atoms with van der Waals surface area (Å²) in [5, 5.41) is 0. The highest BCUT2D eigenvalue weighted by Crippen LogP contribution is 2.14. The molecular weight excluding hydrogens is 208 g/mol. The summed E-state index contributed by atoms with van der Waals surface area (Å²) in [5.74, 6) is 0. The SMILES string of the molecule is Sc1ccc([SH+]c2ccccc2)cc1. The third-order valence-corrected chi connectivity index (χ3v) is 3.27. The Labute approximate surface area is 93.8 Å². The summed E-state index contributed by atoms with van der Waals surface area (Å²) in [6.45, 7) is 0. The number of thiol groups is 2. The van der Waals surface area contributed by atoms with Gasteiger partial charge in [0, 0.05) is 16.7 Å². The van der Waals surface area contributed by atoms with Gasteiger partial charge in [-0.2, -0.15) is 0 Å². The summed E-state index contributed by atoms with van der Waals surface area (Å²) in [7, 11) is 0. The highest BCUT2D eigenvalue weighted by Gasteiger charge is 2.04. The molecule has 2 aromatic rings. The molecule has 2 rings (SSSR count). The van der Waals surface area contributed by atoms with Gasteiger partial charge in [0.05, 0.1) is 0 Å². The summed E-state index contributed by atoms with van der Waals surface area (Å²) in [5.41, 5.74) is 0. The van der Waals surface area contributed by atoms with Gasteiger partial charge in [-0.05, 0) is 36.4 Å². The summed E-state index contributed by atoms with van der Waals surface area (Å²) in [4.78, 5) is 3.63. The van der Waals surface area contributed by atoms with E-state index >= 15 is 0 Å². The monoisotopic (exact) mass is 219 g/mol. The standard InChI is InChI=1S/C12H10S2/c13-10-6-8-12(9-7-10)14-11-4-2-1-3-5-11/h1-9,13H/p+1. The second kappa shape index (κ2) is 4.58. The fourth-order valence-corrected chi connectivity index (χ4v) is 2.25. The molecule has 0 bridgehead atoms. The van der Waals surface area contributed by atoms with E-state index in [2.05, 4.69) is 49.0 Å². The molecule has 0 fully saturated rings. The molecule has 0 aromatic heterocycles. The Kier molecular flexibility index (Phi) is 3.17. The molecule has 0 atom stereocenters. The van der Waals surface area contributed by atoms with Crippen LogP contribution in [0.1, 0.15) is 0 Å². The second-order valence-corrected chi connectivity index (χ2v) is 4.74. The Morgan fingerprint density at radius 2 is 1.29 bits per heavy atom. The molecule has 0 aliphatic heterocycles. The molecule has 0 heterocycles. The summed E-state index contributed by atoms with van der Waals surface area (Å²) < 4.78 is 0. The van der Waals surface area contributed by atoms with Gasteiger partial charge in [-0.1, -0.05) is 18.2 Å². The molecular formula is C12H11S2+. The van der Waals surface area contributed by atoms with Crippen molar-refractivity contribution < 1.29 is 0 Å². The van der Waals surface area contributed by atoms with Crippen LogP contribution in [0.15, 0.2) is 69.3 Å². The van der Waals surface area contributed by atoms with Crippen LogP contribution in [0.3, 0.4) is 0 Å². The van der Waals surface area contributed by atoms with Crippen molar-refractivity contribution >= 4 is 24.4 Å². The van der Waals surface area contributed by atoms with Gasteiger partial charge in [-0.3, -0.25) is 0 Å². The van der Waals surface area contributed by atoms with Crippen molar-refractivity contribution in [2.24, 2.45) is 0 Å². The van der Waals surface area contributed by atoms with Crippen molar-refractivity contribution in [3.8, 4) is 0 Å². The highest BCUT2D eigenvalue weighted by atomic mass is 32.2. The van der Waals surface area contributed by atoms with Gasteiger partial charge in [0.25, 0.3) is 0 Å². The van der Waals surface area contributed by atoms with Gasteiger partial charge < -0.3 is 0 Å². The quantitative estimate of drug-likeness (QED) is 0.582. The zero-order valence-corrected chi connectivity index (χ0v) is 9.38. The molecule has 0 unspecified atom stereocenters. The number of hydrogen-bond acceptors (Lipinski definition) is 1. The molecule has 0 saturated carbocycles. The van der Waals surface area contributed by atoms with E-state index in [9.17, 15) is 0 Å². The lowest BCUT2D eigenvalue weighted by Gasteiger charge is -1.92.